The molecule has 1 N–H and O–H groups in total. The van der Waals surface area contributed by atoms with Crippen molar-refractivity contribution >= 4 is 44.8 Å². The lowest BCUT2D eigenvalue weighted by Gasteiger charge is -2.34. The Morgan fingerprint density at radius 1 is 0.938 bits per heavy atom. The molecule has 32 heavy (non-hydrogen) atoms. The molecule has 1 aromatic heterocycles. The number of sulfonamides is 1. The third kappa shape index (κ3) is 4.85. The Labute approximate surface area is 194 Å². The number of halogens is 1. The van der Waals surface area contributed by atoms with E-state index in [4.69, 9.17) is 14.5 Å². The number of hydrogen-bond acceptors (Lipinski definition) is 7. The molecule has 1 saturated heterocycles. The third-order valence-corrected chi connectivity index (χ3v) is 6.78. The zero-order chi connectivity index (χ0) is 22.0. The minimum absolute atomic E-state index is 0. The highest BCUT2D eigenvalue weighted by molar-refractivity contribution is 7.92. The van der Waals surface area contributed by atoms with E-state index in [-0.39, 0.29) is 23.1 Å². The summed E-state index contributed by atoms with van der Waals surface area (Å²) < 4.78 is 39.2. The number of pyridine rings is 1. The van der Waals surface area contributed by atoms with Crippen molar-refractivity contribution in [3.05, 3.63) is 48.5 Å². The molecule has 0 aliphatic carbocycles. The maximum atomic E-state index is 13.1. The van der Waals surface area contributed by atoms with Crippen LogP contribution in [0.5, 0.6) is 11.5 Å². The summed E-state index contributed by atoms with van der Waals surface area (Å²) in [6, 6.07) is 14.1. The fourth-order valence-corrected chi connectivity index (χ4v) is 4.68. The molecule has 3 aromatic rings. The molecule has 1 aliphatic rings. The Bertz CT molecular complexity index is 1200. The van der Waals surface area contributed by atoms with Gasteiger partial charge in [-0.15, -0.1) is 12.4 Å². The molecule has 2 aromatic carbocycles. The number of benzene rings is 2. The molecule has 8 nitrogen and oxygen atoms in total. The van der Waals surface area contributed by atoms with Crippen LogP contribution in [0.4, 0.5) is 11.6 Å². The lowest BCUT2D eigenvalue weighted by Crippen LogP contribution is -2.45. The smallest absolute Gasteiger partial charge is 0.263 e. The number of anilines is 2. The largest absolute Gasteiger partial charge is 0.493 e. The maximum absolute atomic E-state index is 13.1. The molecule has 0 atom stereocenters. The van der Waals surface area contributed by atoms with E-state index in [1.165, 1.54) is 26.4 Å². The lowest BCUT2D eigenvalue weighted by atomic mass is 10.1. The van der Waals surface area contributed by atoms with E-state index in [2.05, 4.69) is 21.6 Å². The Balaban J connectivity index is 0.00000289. The minimum Gasteiger partial charge on any atom is -0.493 e. The second kappa shape index (κ2) is 9.81. The summed E-state index contributed by atoms with van der Waals surface area (Å²) in [6.07, 6.45) is 0. The minimum atomic E-state index is -3.87. The molecule has 172 valence electrons. The van der Waals surface area contributed by atoms with Crippen molar-refractivity contribution in [1.29, 1.82) is 0 Å². The molecule has 1 fully saturated rings. The second-order valence-corrected chi connectivity index (χ2v) is 9.15. The third-order valence-electron chi connectivity index (χ3n) is 5.43. The Morgan fingerprint density at radius 2 is 1.62 bits per heavy atom. The summed E-state index contributed by atoms with van der Waals surface area (Å²) in [5.74, 6) is 1.87. The first-order valence-corrected chi connectivity index (χ1v) is 11.5. The number of nitrogens with zero attached hydrogens (tertiary/aromatic N) is 3. The van der Waals surface area contributed by atoms with Crippen LogP contribution in [0.2, 0.25) is 0 Å². The van der Waals surface area contributed by atoms with Crippen LogP contribution in [0.15, 0.2) is 53.4 Å². The first kappa shape index (κ1) is 23.9. The van der Waals surface area contributed by atoms with Gasteiger partial charge in [0.25, 0.3) is 10.0 Å². The fraction of sp³-hybridized carbons (Fsp3) is 0.318. The van der Waals surface area contributed by atoms with Crippen molar-refractivity contribution < 1.29 is 17.9 Å². The molecular formula is C22H27ClN4O4S. The molecule has 0 radical (unpaired) electrons. The predicted molar refractivity (Wildman–Crippen MR) is 129 cm³/mol. The van der Waals surface area contributed by atoms with Crippen LogP contribution in [-0.2, 0) is 10.0 Å². The van der Waals surface area contributed by atoms with Gasteiger partial charge in [0, 0.05) is 37.6 Å². The average Bonchev–Trinajstić information content (AvgIpc) is 2.78. The van der Waals surface area contributed by atoms with E-state index >= 15 is 0 Å². The van der Waals surface area contributed by atoms with E-state index in [1.54, 1.807) is 12.1 Å². The van der Waals surface area contributed by atoms with Gasteiger partial charge >= 0.3 is 0 Å². The normalized spacial score (nSPS) is 14.7. The average molecular weight is 479 g/mol. The Kier molecular flexibility index (Phi) is 7.33. The number of hydrogen-bond donors (Lipinski definition) is 1. The van der Waals surface area contributed by atoms with Gasteiger partial charge in [0.2, 0.25) is 0 Å². The first-order chi connectivity index (χ1) is 14.9. The number of aromatic nitrogens is 1. The standard InChI is InChI=1S/C22H26N4O4S.ClH/c1-25-10-12-26(13-11-25)22-18-7-5-4-6-16(18)14-21(23-22)24-31(27,28)17-8-9-19(29-2)20(15-17)30-3;/h4-9,14-15H,10-13H2,1-3H3,(H,23,24);1H. The van der Waals surface area contributed by atoms with Gasteiger partial charge in [-0.25, -0.2) is 13.4 Å². The molecule has 1 aliphatic heterocycles. The molecule has 0 amide bonds. The lowest BCUT2D eigenvalue weighted by molar-refractivity contribution is 0.312. The van der Waals surface area contributed by atoms with Gasteiger partial charge in [0.15, 0.2) is 11.5 Å². The van der Waals surface area contributed by atoms with Crippen LogP contribution in [-0.4, -0.2) is 65.7 Å². The summed E-state index contributed by atoms with van der Waals surface area (Å²) in [5.41, 5.74) is 0. The van der Waals surface area contributed by atoms with Gasteiger partial charge in [0.05, 0.1) is 19.1 Å². The van der Waals surface area contributed by atoms with Gasteiger partial charge in [0.1, 0.15) is 11.6 Å². The van der Waals surface area contributed by atoms with Crippen LogP contribution in [0.1, 0.15) is 0 Å². The fourth-order valence-electron chi connectivity index (χ4n) is 3.67. The maximum Gasteiger partial charge on any atom is 0.263 e. The number of likely N-dealkylation sites (N-methyl/N-ethyl adjacent to an activating group) is 1. The number of methoxy groups -OCH3 is 2. The van der Waals surface area contributed by atoms with Crippen LogP contribution in [0.3, 0.4) is 0 Å². The molecular weight excluding hydrogens is 452 g/mol. The summed E-state index contributed by atoms with van der Waals surface area (Å²) in [5, 5.41) is 1.93. The molecule has 4 rings (SSSR count). The molecule has 0 bridgehead atoms. The van der Waals surface area contributed by atoms with E-state index in [9.17, 15) is 8.42 Å². The van der Waals surface area contributed by atoms with Crippen LogP contribution in [0, 0.1) is 0 Å². The Morgan fingerprint density at radius 3 is 2.31 bits per heavy atom. The molecule has 10 heteroatoms. The summed E-state index contributed by atoms with van der Waals surface area (Å²) in [4.78, 5) is 9.24. The van der Waals surface area contributed by atoms with E-state index in [1.807, 2.05) is 24.3 Å². The second-order valence-electron chi connectivity index (χ2n) is 7.46. The number of fused-ring (bicyclic) bond motifs is 1. The van der Waals surface area contributed by atoms with Gasteiger partial charge in [-0.05, 0) is 30.6 Å². The van der Waals surface area contributed by atoms with Crippen molar-refractivity contribution in [2.45, 2.75) is 4.90 Å². The van der Waals surface area contributed by atoms with Crippen molar-refractivity contribution in [3.63, 3.8) is 0 Å². The molecule has 2 heterocycles. The quantitative estimate of drug-likeness (QED) is 0.582. The zero-order valence-electron chi connectivity index (χ0n) is 18.2. The molecule has 0 spiro atoms. The van der Waals surface area contributed by atoms with Crippen molar-refractivity contribution in [2.75, 3.05) is 57.1 Å². The van der Waals surface area contributed by atoms with Gasteiger partial charge < -0.3 is 19.3 Å². The van der Waals surface area contributed by atoms with Gasteiger partial charge in [-0.1, -0.05) is 24.3 Å². The summed E-state index contributed by atoms with van der Waals surface area (Å²) >= 11 is 0. The number of nitrogens with one attached hydrogen (secondary N) is 1. The SMILES string of the molecule is COc1ccc(S(=O)(=O)Nc2cc3ccccc3c(N3CCN(C)CC3)n2)cc1OC.Cl. The van der Waals surface area contributed by atoms with Crippen molar-refractivity contribution in [1.82, 2.24) is 9.88 Å². The van der Waals surface area contributed by atoms with Crippen LogP contribution < -0.4 is 19.1 Å². The van der Waals surface area contributed by atoms with E-state index in [0.717, 1.165) is 42.8 Å². The molecule has 0 unspecified atom stereocenters. The number of ether oxygens (including phenoxy) is 2. The van der Waals surface area contributed by atoms with E-state index in [0.29, 0.717) is 11.5 Å². The summed E-state index contributed by atoms with van der Waals surface area (Å²) in [7, 11) is 1.19. The van der Waals surface area contributed by atoms with Gasteiger partial charge in [-0.2, -0.15) is 0 Å². The van der Waals surface area contributed by atoms with Crippen molar-refractivity contribution in [2.24, 2.45) is 0 Å². The summed E-state index contributed by atoms with van der Waals surface area (Å²) in [6.45, 7) is 3.52. The monoisotopic (exact) mass is 478 g/mol. The zero-order valence-corrected chi connectivity index (χ0v) is 19.9. The highest BCUT2D eigenvalue weighted by Crippen LogP contribution is 2.32. The van der Waals surface area contributed by atoms with Gasteiger partial charge in [-0.3, -0.25) is 4.72 Å². The predicted octanol–water partition coefficient (Wildman–Crippen LogP) is 3.23. The van der Waals surface area contributed by atoms with E-state index < -0.39 is 10.0 Å². The number of rotatable bonds is 6. The molecule has 0 saturated carbocycles. The topological polar surface area (TPSA) is 84.0 Å². The highest BCUT2D eigenvalue weighted by atomic mass is 35.5. The highest BCUT2D eigenvalue weighted by Gasteiger charge is 2.21. The van der Waals surface area contributed by atoms with Crippen LogP contribution >= 0.6 is 12.4 Å². The number of piperazine rings is 1. The van der Waals surface area contributed by atoms with Crippen molar-refractivity contribution in [3.8, 4) is 11.5 Å². The van der Waals surface area contributed by atoms with Crippen LogP contribution in [0.25, 0.3) is 10.8 Å². The first-order valence-electron chi connectivity index (χ1n) is 9.99. The Hall–Kier alpha value is -2.75.